The third-order valence-electron chi connectivity index (χ3n) is 6.33. The Kier molecular flexibility index (Phi) is 5.34. The number of carbonyl (C=O) groups is 1. The van der Waals surface area contributed by atoms with Crippen molar-refractivity contribution in [1.82, 2.24) is 0 Å². The lowest BCUT2D eigenvalue weighted by atomic mass is 9.78. The molecule has 0 heterocycles. The van der Waals surface area contributed by atoms with E-state index < -0.39 is 0 Å². The normalized spacial score (nSPS) is 17.0. The molecule has 0 bridgehead atoms. The van der Waals surface area contributed by atoms with Crippen LogP contribution in [-0.4, -0.2) is 5.78 Å². The molecule has 1 nitrogen and oxygen atoms in total. The van der Waals surface area contributed by atoms with Gasteiger partial charge in [0.2, 0.25) is 0 Å². The van der Waals surface area contributed by atoms with E-state index in [1.165, 1.54) is 38.9 Å². The summed E-state index contributed by atoms with van der Waals surface area (Å²) in [6.45, 7) is 20.1. The van der Waals surface area contributed by atoms with Crippen LogP contribution in [0.25, 0.3) is 11.1 Å². The second kappa shape index (κ2) is 7.17. The second-order valence-electron chi connectivity index (χ2n) is 10.4. The Morgan fingerprint density at radius 3 is 1.93 bits per heavy atom. The van der Waals surface area contributed by atoms with E-state index in [-0.39, 0.29) is 11.3 Å². The molecule has 1 heteroatoms. The van der Waals surface area contributed by atoms with Crippen molar-refractivity contribution >= 4 is 5.78 Å². The summed E-state index contributed by atoms with van der Waals surface area (Å²) >= 11 is 0. The fraction of sp³-hybridized carbons (Fsp3) is 0.519. The first-order chi connectivity index (χ1) is 12.9. The molecule has 0 saturated carbocycles. The number of benzene rings is 2. The number of carbonyl (C=O) groups excluding carboxylic acids is 1. The molecule has 2 aromatic carbocycles. The summed E-state index contributed by atoms with van der Waals surface area (Å²) < 4.78 is 0. The third-order valence-corrected chi connectivity index (χ3v) is 6.33. The molecular formula is C27H36O. The summed E-state index contributed by atoms with van der Waals surface area (Å²) in [6, 6.07) is 9.27. The molecule has 1 aliphatic carbocycles. The Morgan fingerprint density at radius 1 is 0.929 bits per heavy atom. The quantitative estimate of drug-likeness (QED) is 0.539. The number of hydrogen-bond donors (Lipinski definition) is 0. The summed E-state index contributed by atoms with van der Waals surface area (Å²) in [5.41, 5.74) is 10.2. The highest BCUT2D eigenvalue weighted by atomic mass is 16.1. The largest absolute Gasteiger partial charge is 0.294 e. The highest BCUT2D eigenvalue weighted by Crippen LogP contribution is 2.43. The lowest BCUT2D eigenvalue weighted by molar-refractivity contribution is 0.0946. The van der Waals surface area contributed by atoms with Gasteiger partial charge in [-0.15, -0.1) is 0 Å². The average Bonchev–Trinajstić information content (AvgIpc) is 2.87. The van der Waals surface area contributed by atoms with Gasteiger partial charge in [0.1, 0.15) is 0 Å². The second-order valence-corrected chi connectivity index (χ2v) is 10.4. The lowest BCUT2D eigenvalue weighted by Crippen LogP contribution is -2.15. The Labute approximate surface area is 171 Å². The maximum Gasteiger partial charge on any atom is 0.166 e. The van der Waals surface area contributed by atoms with E-state index in [1.807, 2.05) is 0 Å². The van der Waals surface area contributed by atoms with Crippen LogP contribution in [0.5, 0.6) is 0 Å². The SMILES string of the molecule is Cc1c(C(C)(C)C)cc2c(c1-c1cc(C(C)C)cc(C(C)C)c1)CC(C)C2=O. The first-order valence-electron chi connectivity index (χ1n) is 10.8. The molecule has 3 rings (SSSR count). The Morgan fingerprint density at radius 2 is 1.46 bits per heavy atom. The van der Waals surface area contributed by atoms with Crippen molar-refractivity contribution in [2.75, 3.05) is 0 Å². The van der Waals surface area contributed by atoms with Gasteiger partial charge in [0.05, 0.1) is 0 Å². The standard InChI is InChI=1S/C27H36O/c1-15(2)19-11-20(16(3)4)13-21(12-19)25-18(6)24(27(7,8)9)14-23-22(25)10-17(5)26(23)28/h11-17H,10H2,1-9H3. The smallest absolute Gasteiger partial charge is 0.166 e. The van der Waals surface area contributed by atoms with Crippen LogP contribution in [0.2, 0.25) is 0 Å². The number of fused-ring (bicyclic) bond motifs is 1. The fourth-order valence-corrected chi connectivity index (χ4v) is 4.59. The van der Waals surface area contributed by atoms with Crippen LogP contribution in [0, 0.1) is 12.8 Å². The van der Waals surface area contributed by atoms with Crippen molar-refractivity contribution in [2.24, 2.45) is 5.92 Å². The summed E-state index contributed by atoms with van der Waals surface area (Å²) in [4.78, 5) is 12.9. The highest BCUT2D eigenvalue weighted by molar-refractivity contribution is 6.04. The number of rotatable bonds is 3. The summed E-state index contributed by atoms with van der Waals surface area (Å²) in [7, 11) is 0. The van der Waals surface area contributed by atoms with Crippen LogP contribution in [0.1, 0.15) is 105 Å². The first-order valence-corrected chi connectivity index (χ1v) is 10.8. The van der Waals surface area contributed by atoms with Crippen LogP contribution in [0.4, 0.5) is 0 Å². The summed E-state index contributed by atoms with van der Waals surface area (Å²) in [6.07, 6.45) is 0.859. The van der Waals surface area contributed by atoms with Gasteiger partial charge in [-0.3, -0.25) is 4.79 Å². The van der Waals surface area contributed by atoms with E-state index in [0.29, 0.717) is 17.6 Å². The van der Waals surface area contributed by atoms with Crippen molar-refractivity contribution in [3.63, 3.8) is 0 Å². The van der Waals surface area contributed by atoms with Gasteiger partial charge >= 0.3 is 0 Å². The molecule has 0 fully saturated rings. The van der Waals surface area contributed by atoms with E-state index in [0.717, 1.165) is 12.0 Å². The Hall–Kier alpha value is -1.89. The highest BCUT2D eigenvalue weighted by Gasteiger charge is 2.33. The maximum atomic E-state index is 12.9. The molecule has 150 valence electrons. The zero-order valence-electron chi connectivity index (χ0n) is 19.2. The van der Waals surface area contributed by atoms with Crippen molar-refractivity contribution in [3.8, 4) is 11.1 Å². The van der Waals surface area contributed by atoms with Gasteiger partial charge in [-0.05, 0) is 75.6 Å². The van der Waals surface area contributed by atoms with Crippen LogP contribution < -0.4 is 0 Å². The van der Waals surface area contributed by atoms with Crippen molar-refractivity contribution in [3.05, 3.63) is 57.6 Å². The zero-order valence-corrected chi connectivity index (χ0v) is 19.2. The molecule has 1 atom stereocenters. The van der Waals surface area contributed by atoms with Gasteiger partial charge in [-0.25, -0.2) is 0 Å². The molecule has 0 spiro atoms. The van der Waals surface area contributed by atoms with Gasteiger partial charge in [-0.2, -0.15) is 0 Å². The molecule has 1 aliphatic rings. The first kappa shape index (κ1) is 20.8. The number of Topliss-reactive ketones (excluding diaryl/α,β-unsaturated/α-hetero) is 1. The number of hydrogen-bond acceptors (Lipinski definition) is 1. The van der Waals surface area contributed by atoms with Gasteiger partial charge in [-0.1, -0.05) is 73.6 Å². The van der Waals surface area contributed by atoms with E-state index in [2.05, 4.69) is 86.6 Å². The van der Waals surface area contributed by atoms with Crippen molar-refractivity contribution in [2.45, 2.75) is 86.0 Å². The fourth-order valence-electron chi connectivity index (χ4n) is 4.59. The van der Waals surface area contributed by atoms with E-state index in [4.69, 9.17) is 0 Å². The topological polar surface area (TPSA) is 17.1 Å². The predicted octanol–water partition coefficient (Wildman–Crippen LogP) is 7.58. The van der Waals surface area contributed by atoms with Gasteiger partial charge in [0.15, 0.2) is 5.78 Å². The van der Waals surface area contributed by atoms with Gasteiger partial charge in [0.25, 0.3) is 0 Å². The molecule has 0 N–H and O–H groups in total. The molecule has 1 unspecified atom stereocenters. The van der Waals surface area contributed by atoms with Crippen LogP contribution in [0.3, 0.4) is 0 Å². The van der Waals surface area contributed by atoms with Gasteiger partial charge in [0, 0.05) is 11.5 Å². The molecule has 0 saturated heterocycles. The minimum atomic E-state index is 0.0104. The Bertz CT molecular complexity index is 896. The van der Waals surface area contributed by atoms with E-state index in [1.54, 1.807) is 0 Å². The monoisotopic (exact) mass is 376 g/mol. The minimum absolute atomic E-state index is 0.0104. The molecular weight excluding hydrogens is 340 g/mol. The number of ketones is 1. The minimum Gasteiger partial charge on any atom is -0.294 e. The van der Waals surface area contributed by atoms with Crippen LogP contribution in [0.15, 0.2) is 24.3 Å². The summed E-state index contributed by atoms with van der Waals surface area (Å²) in [5.74, 6) is 1.36. The van der Waals surface area contributed by atoms with E-state index in [9.17, 15) is 4.79 Å². The van der Waals surface area contributed by atoms with Gasteiger partial charge < -0.3 is 0 Å². The van der Waals surface area contributed by atoms with Crippen LogP contribution in [-0.2, 0) is 11.8 Å². The zero-order chi connectivity index (χ0) is 21.0. The molecule has 28 heavy (non-hydrogen) atoms. The third kappa shape index (κ3) is 3.56. The average molecular weight is 377 g/mol. The lowest BCUT2D eigenvalue weighted by Gasteiger charge is -2.26. The van der Waals surface area contributed by atoms with E-state index >= 15 is 0 Å². The molecule has 0 radical (unpaired) electrons. The van der Waals surface area contributed by atoms with Crippen molar-refractivity contribution in [1.29, 1.82) is 0 Å². The van der Waals surface area contributed by atoms with Crippen LogP contribution >= 0.6 is 0 Å². The molecule has 0 amide bonds. The molecule has 0 aromatic heterocycles. The maximum absolute atomic E-state index is 12.9. The Balaban J connectivity index is 2.38. The molecule has 2 aromatic rings. The predicted molar refractivity (Wildman–Crippen MR) is 121 cm³/mol. The van der Waals surface area contributed by atoms with Crippen molar-refractivity contribution < 1.29 is 4.79 Å². The summed E-state index contributed by atoms with van der Waals surface area (Å²) in [5, 5.41) is 0. The molecule has 0 aliphatic heterocycles.